The maximum Gasteiger partial charge on any atom is 0.255 e. The van der Waals surface area contributed by atoms with Crippen molar-refractivity contribution in [2.75, 3.05) is 20.2 Å². The molecule has 27 heavy (non-hydrogen) atoms. The molecule has 1 heterocycles. The number of ether oxygens (including phenoxy) is 1. The van der Waals surface area contributed by atoms with Crippen LogP contribution in [0.15, 0.2) is 18.2 Å². The van der Waals surface area contributed by atoms with Crippen LogP contribution in [0.3, 0.4) is 0 Å². The molecule has 1 aromatic rings. The van der Waals surface area contributed by atoms with Crippen molar-refractivity contribution < 1.29 is 9.53 Å². The lowest BCUT2D eigenvalue weighted by Crippen LogP contribution is -2.50. The van der Waals surface area contributed by atoms with Crippen LogP contribution in [-0.4, -0.2) is 43.1 Å². The van der Waals surface area contributed by atoms with Crippen LogP contribution in [0.4, 0.5) is 0 Å². The minimum Gasteiger partial charge on any atom is -0.496 e. The monoisotopic (exact) mass is 392 g/mol. The average Bonchev–Trinajstić information content (AvgIpc) is 3.08. The maximum atomic E-state index is 12.8. The molecule has 1 unspecified atom stereocenters. The number of nitrogens with one attached hydrogen (secondary N) is 1. The van der Waals surface area contributed by atoms with Crippen molar-refractivity contribution in [1.29, 1.82) is 0 Å². The summed E-state index contributed by atoms with van der Waals surface area (Å²) in [6, 6.07) is 6.81. The van der Waals surface area contributed by atoms with E-state index < -0.39 is 0 Å². The highest BCUT2D eigenvalue weighted by molar-refractivity contribution is 5.97. The fraction of sp³-hybridized carbons (Fsp3) is 0.682. The highest BCUT2D eigenvalue weighted by atomic mass is 35.5. The van der Waals surface area contributed by atoms with Crippen LogP contribution in [0.2, 0.25) is 0 Å². The van der Waals surface area contributed by atoms with Gasteiger partial charge in [-0.2, -0.15) is 0 Å². The first kappa shape index (κ1) is 20.5. The Kier molecular flexibility index (Phi) is 6.69. The second-order valence-electron chi connectivity index (χ2n) is 8.53. The predicted octanol–water partition coefficient (Wildman–Crippen LogP) is 4.20. The first-order valence-electron chi connectivity index (χ1n) is 10.4. The highest BCUT2D eigenvalue weighted by Gasteiger charge is 2.42. The summed E-state index contributed by atoms with van der Waals surface area (Å²) < 4.78 is 5.41. The molecule has 3 aliphatic rings. The lowest BCUT2D eigenvalue weighted by Gasteiger charge is -2.47. The van der Waals surface area contributed by atoms with Crippen LogP contribution in [0.5, 0.6) is 5.75 Å². The Balaban J connectivity index is 0.00000210. The van der Waals surface area contributed by atoms with Crippen molar-refractivity contribution in [3.8, 4) is 5.75 Å². The fourth-order valence-electron chi connectivity index (χ4n) is 5.66. The minimum atomic E-state index is -0.00228. The number of amides is 1. The van der Waals surface area contributed by atoms with E-state index >= 15 is 0 Å². The van der Waals surface area contributed by atoms with Gasteiger partial charge < -0.3 is 10.1 Å². The second kappa shape index (κ2) is 8.83. The number of fused-ring (bicyclic) bond motifs is 2. The van der Waals surface area contributed by atoms with E-state index in [1.54, 1.807) is 7.11 Å². The molecule has 150 valence electrons. The third kappa shape index (κ3) is 4.27. The van der Waals surface area contributed by atoms with Gasteiger partial charge in [0.15, 0.2) is 0 Å². The summed E-state index contributed by atoms with van der Waals surface area (Å²) in [5, 5.41) is 3.26. The van der Waals surface area contributed by atoms with E-state index in [0.29, 0.717) is 11.3 Å². The molecule has 3 fully saturated rings. The average molecular weight is 393 g/mol. The van der Waals surface area contributed by atoms with Crippen molar-refractivity contribution in [1.82, 2.24) is 10.2 Å². The number of aryl methyl sites for hydroxylation is 1. The van der Waals surface area contributed by atoms with Crippen LogP contribution in [-0.2, 0) is 0 Å². The van der Waals surface area contributed by atoms with E-state index in [-0.39, 0.29) is 24.4 Å². The van der Waals surface area contributed by atoms with Crippen molar-refractivity contribution in [3.63, 3.8) is 0 Å². The van der Waals surface area contributed by atoms with Gasteiger partial charge in [0.1, 0.15) is 5.75 Å². The molecule has 4 rings (SSSR count). The van der Waals surface area contributed by atoms with E-state index in [0.717, 1.165) is 43.0 Å². The Hall–Kier alpha value is -1.26. The lowest BCUT2D eigenvalue weighted by atomic mass is 9.68. The molecule has 1 aliphatic heterocycles. The van der Waals surface area contributed by atoms with Crippen LogP contribution in [0.25, 0.3) is 0 Å². The Morgan fingerprint density at radius 1 is 1.11 bits per heavy atom. The van der Waals surface area contributed by atoms with Gasteiger partial charge in [-0.3, -0.25) is 9.69 Å². The Labute approximate surface area is 169 Å². The van der Waals surface area contributed by atoms with E-state index in [1.807, 2.05) is 25.1 Å². The van der Waals surface area contributed by atoms with Gasteiger partial charge in [0.05, 0.1) is 12.7 Å². The number of hydrogen-bond donors (Lipinski definition) is 1. The van der Waals surface area contributed by atoms with Crippen molar-refractivity contribution in [2.45, 2.75) is 64.0 Å². The molecule has 5 heteroatoms. The van der Waals surface area contributed by atoms with Crippen molar-refractivity contribution >= 4 is 18.3 Å². The number of rotatable bonds is 4. The zero-order valence-corrected chi connectivity index (χ0v) is 17.4. The second-order valence-corrected chi connectivity index (χ2v) is 8.53. The van der Waals surface area contributed by atoms with Gasteiger partial charge in [0.25, 0.3) is 5.91 Å². The molecule has 4 nitrogen and oxygen atoms in total. The molecule has 0 radical (unpaired) electrons. The van der Waals surface area contributed by atoms with Gasteiger partial charge in [0.2, 0.25) is 0 Å². The van der Waals surface area contributed by atoms with Gasteiger partial charge in [-0.15, -0.1) is 12.4 Å². The Morgan fingerprint density at radius 3 is 2.41 bits per heavy atom. The van der Waals surface area contributed by atoms with E-state index in [1.165, 1.54) is 38.5 Å². The molecule has 2 aliphatic carbocycles. The molecule has 0 aromatic heterocycles. The normalized spacial score (nSPS) is 30.4. The molecule has 2 saturated carbocycles. The third-order valence-corrected chi connectivity index (χ3v) is 6.84. The lowest BCUT2D eigenvalue weighted by molar-refractivity contribution is 0.0346. The molecule has 1 N–H and O–H groups in total. The Bertz CT molecular complexity index is 644. The molecule has 1 atom stereocenters. The van der Waals surface area contributed by atoms with Crippen LogP contribution >= 0.6 is 12.4 Å². The third-order valence-electron chi connectivity index (χ3n) is 6.84. The molecule has 2 bridgehead atoms. The number of carbonyl (C=O) groups is 1. The van der Waals surface area contributed by atoms with Crippen molar-refractivity contribution in [3.05, 3.63) is 29.3 Å². The number of methoxy groups -OCH3 is 1. The maximum absolute atomic E-state index is 12.8. The van der Waals surface area contributed by atoms with Crippen LogP contribution < -0.4 is 10.1 Å². The summed E-state index contributed by atoms with van der Waals surface area (Å²) in [5.41, 5.74) is 1.75. The number of halogens is 1. The molecule has 0 spiro atoms. The standard InChI is InChI=1S/C22H32N2O2.ClH/c1-15-9-10-19(20(13-15)26-2)22(25)23-18-11-12-24(14-18)21-16-5-3-6-17(21)8-4-7-16;/h9-10,13,16-18,21H,3-8,11-12,14H2,1-2H3,(H,23,25);1H. The van der Waals surface area contributed by atoms with Gasteiger partial charge in [-0.25, -0.2) is 0 Å². The van der Waals surface area contributed by atoms with Crippen molar-refractivity contribution in [2.24, 2.45) is 11.8 Å². The highest BCUT2D eigenvalue weighted by Crippen LogP contribution is 2.43. The smallest absolute Gasteiger partial charge is 0.255 e. The number of likely N-dealkylation sites (tertiary alicyclic amines) is 1. The van der Waals surface area contributed by atoms with E-state index in [9.17, 15) is 4.79 Å². The number of nitrogens with zero attached hydrogens (tertiary/aromatic N) is 1. The SMILES string of the molecule is COc1cc(C)ccc1C(=O)NC1CCN(C2C3CCCC2CCC3)C1.Cl. The van der Waals surface area contributed by atoms with Gasteiger partial charge in [-0.1, -0.05) is 18.9 Å². The quantitative estimate of drug-likeness (QED) is 0.834. The molecule has 1 aromatic carbocycles. The topological polar surface area (TPSA) is 41.6 Å². The zero-order valence-electron chi connectivity index (χ0n) is 16.6. The summed E-state index contributed by atoms with van der Waals surface area (Å²) in [6.07, 6.45) is 9.56. The Morgan fingerprint density at radius 2 is 1.78 bits per heavy atom. The number of benzene rings is 1. The summed E-state index contributed by atoms with van der Waals surface area (Å²) in [7, 11) is 1.63. The molecule has 1 saturated heterocycles. The fourth-order valence-corrected chi connectivity index (χ4v) is 5.66. The van der Waals surface area contributed by atoms with Crippen LogP contribution in [0, 0.1) is 18.8 Å². The number of hydrogen-bond acceptors (Lipinski definition) is 3. The zero-order chi connectivity index (χ0) is 18.1. The van der Waals surface area contributed by atoms with Gasteiger partial charge >= 0.3 is 0 Å². The first-order valence-corrected chi connectivity index (χ1v) is 10.4. The predicted molar refractivity (Wildman–Crippen MR) is 111 cm³/mol. The molecular formula is C22H33ClN2O2. The summed E-state index contributed by atoms with van der Waals surface area (Å²) >= 11 is 0. The summed E-state index contributed by atoms with van der Waals surface area (Å²) in [6.45, 7) is 4.16. The van der Waals surface area contributed by atoms with E-state index in [4.69, 9.17) is 4.74 Å². The molecule has 1 amide bonds. The van der Waals surface area contributed by atoms with Gasteiger partial charge in [-0.05, 0) is 68.6 Å². The largest absolute Gasteiger partial charge is 0.496 e. The summed E-state index contributed by atoms with van der Waals surface area (Å²) in [4.78, 5) is 15.5. The number of carbonyl (C=O) groups excluding carboxylic acids is 1. The summed E-state index contributed by atoms with van der Waals surface area (Å²) in [5.74, 6) is 2.46. The van der Waals surface area contributed by atoms with E-state index in [2.05, 4.69) is 10.2 Å². The minimum absolute atomic E-state index is 0. The van der Waals surface area contributed by atoms with Gasteiger partial charge in [0, 0.05) is 25.2 Å². The molecular weight excluding hydrogens is 360 g/mol. The first-order chi connectivity index (χ1) is 12.7. The van der Waals surface area contributed by atoms with Crippen LogP contribution in [0.1, 0.15) is 60.9 Å².